The van der Waals surface area contributed by atoms with Crippen LogP contribution in [-0.4, -0.2) is 14.5 Å². The topological polar surface area (TPSA) is 72.8 Å². The second-order valence-corrected chi connectivity index (χ2v) is 3.36. The first-order valence-corrected chi connectivity index (χ1v) is 4.69. The second-order valence-electron chi connectivity index (χ2n) is 2.15. The predicted octanol–water partition coefficient (Wildman–Crippen LogP) is 0.785. The molecule has 0 amide bonds. The van der Waals surface area contributed by atoms with Crippen LogP contribution in [0.1, 0.15) is 0 Å². The second kappa shape index (κ2) is 3.99. The summed E-state index contributed by atoms with van der Waals surface area (Å²) in [4.78, 5) is 9.65. The van der Waals surface area contributed by atoms with Crippen molar-refractivity contribution in [2.45, 2.75) is 0 Å². The molecule has 0 heterocycles. The Bertz CT molecular complexity index is 478. The molecule has 0 aliphatic rings. The standard InChI is InChI=1S/C7H4FNO4S/c8-6-2-1-3-7(4-6)13-14(11,12)9-5-10/h1-4H. The Morgan fingerprint density at radius 1 is 1.43 bits per heavy atom. The van der Waals surface area contributed by atoms with Crippen LogP contribution in [0.3, 0.4) is 0 Å². The van der Waals surface area contributed by atoms with E-state index in [0.29, 0.717) is 0 Å². The van der Waals surface area contributed by atoms with Gasteiger partial charge in [-0.25, -0.2) is 9.18 Å². The minimum atomic E-state index is -4.37. The number of isocyanates is 1. The first-order valence-electron chi connectivity index (χ1n) is 3.32. The van der Waals surface area contributed by atoms with E-state index < -0.39 is 16.1 Å². The highest BCUT2D eigenvalue weighted by Gasteiger charge is 2.10. The number of nitrogens with zero attached hydrogens (tertiary/aromatic N) is 1. The molecular formula is C7H4FNO4S. The maximum absolute atomic E-state index is 12.5. The third kappa shape index (κ3) is 2.96. The first-order chi connectivity index (χ1) is 6.53. The molecule has 0 spiro atoms. The molecule has 1 aromatic rings. The normalized spacial score (nSPS) is 10.4. The van der Waals surface area contributed by atoms with Gasteiger partial charge in [-0.1, -0.05) is 6.07 Å². The van der Waals surface area contributed by atoms with Gasteiger partial charge in [0.1, 0.15) is 11.6 Å². The molecule has 74 valence electrons. The summed E-state index contributed by atoms with van der Waals surface area (Å²) >= 11 is 0. The highest BCUT2D eigenvalue weighted by atomic mass is 32.2. The van der Waals surface area contributed by atoms with E-state index in [1.54, 1.807) is 0 Å². The smallest absolute Gasteiger partial charge is 0.365 e. The van der Waals surface area contributed by atoms with Crippen LogP contribution < -0.4 is 4.18 Å². The van der Waals surface area contributed by atoms with Gasteiger partial charge in [0.15, 0.2) is 0 Å². The number of halogens is 1. The molecule has 1 rings (SSSR count). The quantitative estimate of drug-likeness (QED) is 0.554. The molecule has 14 heavy (non-hydrogen) atoms. The molecule has 0 aromatic heterocycles. The lowest BCUT2D eigenvalue weighted by molar-refractivity contribution is 0.484. The minimum Gasteiger partial charge on any atom is -0.365 e. The van der Waals surface area contributed by atoms with Crippen LogP contribution in [0.5, 0.6) is 5.75 Å². The van der Waals surface area contributed by atoms with Gasteiger partial charge in [-0.15, -0.1) is 0 Å². The molecule has 0 bridgehead atoms. The largest absolute Gasteiger partial charge is 0.439 e. The van der Waals surface area contributed by atoms with E-state index in [1.165, 1.54) is 12.1 Å². The summed E-state index contributed by atoms with van der Waals surface area (Å²) < 4.78 is 40.6. The molecule has 0 fully saturated rings. The van der Waals surface area contributed by atoms with E-state index in [2.05, 4.69) is 8.58 Å². The van der Waals surface area contributed by atoms with Crippen molar-refractivity contribution in [2.24, 2.45) is 4.40 Å². The molecule has 1 aromatic carbocycles. The minimum absolute atomic E-state index is 0.260. The van der Waals surface area contributed by atoms with Crippen molar-refractivity contribution in [1.29, 1.82) is 0 Å². The van der Waals surface area contributed by atoms with Gasteiger partial charge in [-0.05, 0) is 16.5 Å². The fraction of sp³-hybridized carbons (Fsp3) is 0. The van der Waals surface area contributed by atoms with Crippen LogP contribution in [0, 0.1) is 5.82 Å². The Balaban J connectivity index is 2.95. The van der Waals surface area contributed by atoms with E-state index in [9.17, 15) is 17.6 Å². The van der Waals surface area contributed by atoms with E-state index in [-0.39, 0.29) is 5.75 Å². The molecule has 0 saturated heterocycles. The van der Waals surface area contributed by atoms with Crippen molar-refractivity contribution in [3.63, 3.8) is 0 Å². The van der Waals surface area contributed by atoms with Crippen molar-refractivity contribution in [1.82, 2.24) is 0 Å². The van der Waals surface area contributed by atoms with E-state index >= 15 is 0 Å². The SMILES string of the molecule is O=C=NS(=O)(=O)Oc1cccc(F)c1. The summed E-state index contributed by atoms with van der Waals surface area (Å²) in [5.74, 6) is -0.920. The third-order valence-electron chi connectivity index (χ3n) is 1.15. The molecule has 0 aliphatic heterocycles. The fourth-order valence-corrected chi connectivity index (χ4v) is 1.18. The van der Waals surface area contributed by atoms with Gasteiger partial charge in [-0.2, -0.15) is 8.42 Å². The van der Waals surface area contributed by atoms with Gasteiger partial charge >= 0.3 is 10.3 Å². The summed E-state index contributed by atoms with van der Waals surface area (Å²) in [5.41, 5.74) is 0. The Kier molecular flexibility index (Phi) is 2.95. The van der Waals surface area contributed by atoms with Crippen LogP contribution >= 0.6 is 0 Å². The van der Waals surface area contributed by atoms with Crippen LogP contribution in [-0.2, 0) is 15.1 Å². The van der Waals surface area contributed by atoms with Crippen molar-refractivity contribution >= 4 is 16.4 Å². The summed E-state index contributed by atoms with van der Waals surface area (Å²) in [6.07, 6.45) is 0.811. The van der Waals surface area contributed by atoms with E-state index in [1.807, 2.05) is 0 Å². The molecule has 0 radical (unpaired) electrons. The van der Waals surface area contributed by atoms with Gasteiger partial charge in [-0.3, -0.25) is 0 Å². The Labute approximate surface area is 79.1 Å². The zero-order valence-corrected chi connectivity index (χ0v) is 7.49. The monoisotopic (exact) mass is 217 g/mol. The third-order valence-corrected chi connectivity index (χ3v) is 1.85. The number of hydrogen-bond donors (Lipinski definition) is 0. The fourth-order valence-electron chi connectivity index (χ4n) is 0.705. The zero-order valence-electron chi connectivity index (χ0n) is 6.68. The van der Waals surface area contributed by atoms with Crippen molar-refractivity contribution in [3.05, 3.63) is 30.1 Å². The number of carbonyl (C=O) groups excluding carboxylic acids is 1. The summed E-state index contributed by atoms with van der Waals surface area (Å²) in [5, 5.41) is 0. The van der Waals surface area contributed by atoms with Crippen molar-refractivity contribution < 1.29 is 21.8 Å². The molecule has 0 atom stereocenters. The molecule has 0 N–H and O–H groups in total. The lowest BCUT2D eigenvalue weighted by atomic mass is 10.3. The van der Waals surface area contributed by atoms with Crippen molar-refractivity contribution in [2.75, 3.05) is 0 Å². The summed E-state index contributed by atoms with van der Waals surface area (Å²) in [6, 6.07) is 4.42. The summed E-state index contributed by atoms with van der Waals surface area (Å²) in [7, 11) is -4.37. The average molecular weight is 217 g/mol. The van der Waals surface area contributed by atoms with Gasteiger partial charge in [0.25, 0.3) is 6.08 Å². The first kappa shape index (κ1) is 10.4. The van der Waals surface area contributed by atoms with Gasteiger partial charge in [0, 0.05) is 6.07 Å². The maximum Gasteiger partial charge on any atom is 0.439 e. The molecule has 0 saturated carbocycles. The van der Waals surface area contributed by atoms with E-state index in [0.717, 1.165) is 18.2 Å². The van der Waals surface area contributed by atoms with E-state index in [4.69, 9.17) is 0 Å². The van der Waals surface area contributed by atoms with Crippen LogP contribution in [0.4, 0.5) is 4.39 Å². The van der Waals surface area contributed by atoms with Crippen LogP contribution in [0.15, 0.2) is 28.7 Å². The molecule has 5 nitrogen and oxygen atoms in total. The molecule has 0 aliphatic carbocycles. The number of benzene rings is 1. The maximum atomic E-state index is 12.5. The molecule has 0 unspecified atom stereocenters. The highest BCUT2D eigenvalue weighted by Crippen LogP contribution is 2.14. The Morgan fingerprint density at radius 2 is 2.14 bits per heavy atom. The van der Waals surface area contributed by atoms with Crippen LogP contribution in [0.2, 0.25) is 0 Å². The van der Waals surface area contributed by atoms with Gasteiger partial charge in [0.05, 0.1) is 0 Å². The van der Waals surface area contributed by atoms with Gasteiger partial charge in [0.2, 0.25) is 0 Å². The Hall–Kier alpha value is -1.72. The molecule has 7 heteroatoms. The highest BCUT2D eigenvalue weighted by molar-refractivity contribution is 7.85. The van der Waals surface area contributed by atoms with Crippen LogP contribution in [0.25, 0.3) is 0 Å². The van der Waals surface area contributed by atoms with Crippen molar-refractivity contribution in [3.8, 4) is 5.75 Å². The predicted molar refractivity (Wildman–Crippen MR) is 44.1 cm³/mol. The van der Waals surface area contributed by atoms with Gasteiger partial charge < -0.3 is 4.18 Å². The lowest BCUT2D eigenvalue weighted by Crippen LogP contribution is -2.05. The Morgan fingerprint density at radius 3 is 2.71 bits per heavy atom. The number of rotatable bonds is 3. The molecular weight excluding hydrogens is 213 g/mol. The number of hydrogen-bond acceptors (Lipinski definition) is 4. The summed E-state index contributed by atoms with van der Waals surface area (Å²) in [6.45, 7) is 0. The lowest BCUT2D eigenvalue weighted by Gasteiger charge is -1.99. The average Bonchev–Trinajstić information content (AvgIpc) is 2.02. The zero-order chi connectivity index (χ0) is 10.6.